The van der Waals surface area contributed by atoms with Gasteiger partial charge < -0.3 is 5.32 Å². The molecule has 2 rings (SSSR count). The zero-order chi connectivity index (χ0) is 11.2. The van der Waals surface area contributed by atoms with Crippen molar-refractivity contribution in [3.8, 4) is 0 Å². The van der Waals surface area contributed by atoms with E-state index in [-0.39, 0.29) is 5.91 Å². The molecule has 0 aliphatic carbocycles. The van der Waals surface area contributed by atoms with E-state index in [2.05, 4.69) is 20.5 Å². The molecule has 2 aromatic heterocycles. The maximum absolute atomic E-state index is 11.6. The van der Waals surface area contributed by atoms with Crippen LogP contribution >= 0.6 is 0 Å². The first kappa shape index (κ1) is 10.2. The summed E-state index contributed by atoms with van der Waals surface area (Å²) in [5, 5.41) is 10.1. The third-order valence-electron chi connectivity index (χ3n) is 1.96. The molecule has 1 N–H and O–H groups in total. The van der Waals surface area contributed by atoms with Gasteiger partial charge in [0, 0.05) is 12.4 Å². The fourth-order valence-electron chi connectivity index (χ4n) is 1.19. The van der Waals surface area contributed by atoms with E-state index in [9.17, 15) is 4.79 Å². The molecule has 2 heterocycles. The Balaban J connectivity index is 1.95. The van der Waals surface area contributed by atoms with Gasteiger partial charge >= 0.3 is 0 Å². The molecule has 0 aliphatic rings. The first-order chi connectivity index (χ1) is 7.86. The summed E-state index contributed by atoms with van der Waals surface area (Å²) in [5.74, 6) is -0.251. The smallest absolute Gasteiger partial charge is 0.272 e. The van der Waals surface area contributed by atoms with E-state index in [1.165, 1.54) is 6.20 Å². The Bertz CT molecular complexity index is 458. The highest BCUT2D eigenvalue weighted by Gasteiger charge is 2.05. The monoisotopic (exact) mass is 214 g/mol. The largest absolute Gasteiger partial charge is 0.345 e. The highest BCUT2D eigenvalue weighted by molar-refractivity contribution is 5.91. The minimum Gasteiger partial charge on any atom is -0.345 e. The number of hydrogen-bond acceptors (Lipinski definition) is 4. The number of rotatable bonds is 3. The molecule has 0 aliphatic heterocycles. The topological polar surface area (TPSA) is 67.8 Å². The van der Waals surface area contributed by atoms with Gasteiger partial charge in [-0.05, 0) is 24.3 Å². The zero-order valence-corrected chi connectivity index (χ0v) is 8.50. The molecule has 0 saturated carbocycles. The lowest BCUT2D eigenvalue weighted by atomic mass is 10.3. The van der Waals surface area contributed by atoms with Crippen LogP contribution < -0.4 is 5.32 Å². The van der Waals surface area contributed by atoms with Crippen molar-refractivity contribution < 1.29 is 4.79 Å². The molecule has 5 heteroatoms. The molecule has 5 nitrogen and oxygen atoms in total. The van der Waals surface area contributed by atoms with E-state index in [0.717, 1.165) is 5.69 Å². The van der Waals surface area contributed by atoms with Crippen molar-refractivity contribution in [2.24, 2.45) is 0 Å². The molecule has 16 heavy (non-hydrogen) atoms. The van der Waals surface area contributed by atoms with Crippen molar-refractivity contribution in [1.82, 2.24) is 20.5 Å². The van der Waals surface area contributed by atoms with Crippen LogP contribution in [0, 0.1) is 0 Å². The van der Waals surface area contributed by atoms with Crippen LogP contribution in [0.2, 0.25) is 0 Å². The van der Waals surface area contributed by atoms with Crippen molar-refractivity contribution in [2.45, 2.75) is 6.54 Å². The van der Waals surface area contributed by atoms with Gasteiger partial charge in [0.25, 0.3) is 5.91 Å². The van der Waals surface area contributed by atoms with E-state index in [1.807, 2.05) is 18.2 Å². The highest BCUT2D eigenvalue weighted by atomic mass is 16.1. The number of amides is 1. The second kappa shape index (κ2) is 4.97. The molecule has 0 saturated heterocycles. The minimum absolute atomic E-state index is 0.251. The standard InChI is InChI=1S/C11H10N4O/c16-11(10-5-3-7-14-15-10)13-8-9-4-1-2-6-12-9/h1-7H,8H2,(H,13,16). The van der Waals surface area contributed by atoms with Crippen molar-refractivity contribution in [2.75, 3.05) is 0 Å². The normalized spacial score (nSPS) is 9.75. The van der Waals surface area contributed by atoms with Gasteiger partial charge in [-0.3, -0.25) is 9.78 Å². The summed E-state index contributed by atoms with van der Waals surface area (Å²) in [6, 6.07) is 8.82. The van der Waals surface area contributed by atoms with E-state index in [0.29, 0.717) is 12.2 Å². The number of pyridine rings is 1. The Labute approximate surface area is 92.6 Å². The number of carbonyl (C=O) groups excluding carboxylic acids is 1. The summed E-state index contributed by atoms with van der Waals surface area (Å²) >= 11 is 0. The second-order valence-electron chi connectivity index (χ2n) is 3.11. The number of nitrogens with one attached hydrogen (secondary N) is 1. The van der Waals surface area contributed by atoms with Crippen LogP contribution in [0.4, 0.5) is 0 Å². The van der Waals surface area contributed by atoms with E-state index in [1.54, 1.807) is 18.3 Å². The first-order valence-corrected chi connectivity index (χ1v) is 4.82. The fraction of sp³-hybridized carbons (Fsp3) is 0.0909. The van der Waals surface area contributed by atoms with Crippen LogP contribution in [-0.2, 0) is 6.54 Å². The fourth-order valence-corrected chi connectivity index (χ4v) is 1.19. The van der Waals surface area contributed by atoms with E-state index in [4.69, 9.17) is 0 Å². The highest BCUT2D eigenvalue weighted by Crippen LogP contribution is 1.95. The quantitative estimate of drug-likeness (QED) is 0.820. The second-order valence-corrected chi connectivity index (χ2v) is 3.11. The molecule has 1 amide bonds. The van der Waals surface area contributed by atoms with E-state index < -0.39 is 0 Å². The van der Waals surface area contributed by atoms with Crippen LogP contribution in [0.15, 0.2) is 42.7 Å². The molecular formula is C11H10N4O. The molecule has 0 radical (unpaired) electrons. The lowest BCUT2D eigenvalue weighted by molar-refractivity contribution is 0.0944. The Morgan fingerprint density at radius 3 is 2.81 bits per heavy atom. The van der Waals surface area contributed by atoms with E-state index >= 15 is 0 Å². The molecule has 0 atom stereocenters. The van der Waals surface area contributed by atoms with Crippen molar-refractivity contribution in [1.29, 1.82) is 0 Å². The Hall–Kier alpha value is -2.30. The zero-order valence-electron chi connectivity index (χ0n) is 8.50. The van der Waals surface area contributed by atoms with Gasteiger partial charge in [0.15, 0.2) is 5.69 Å². The first-order valence-electron chi connectivity index (χ1n) is 4.82. The third kappa shape index (κ3) is 2.60. The molecule has 0 unspecified atom stereocenters. The average Bonchev–Trinajstić information content (AvgIpc) is 2.38. The molecule has 0 spiro atoms. The summed E-state index contributed by atoms with van der Waals surface area (Å²) in [6.45, 7) is 0.385. The Kier molecular flexibility index (Phi) is 3.18. The number of nitrogens with zero attached hydrogens (tertiary/aromatic N) is 3. The summed E-state index contributed by atoms with van der Waals surface area (Å²) < 4.78 is 0. The average molecular weight is 214 g/mol. The van der Waals surface area contributed by atoms with Gasteiger partial charge in [-0.25, -0.2) is 0 Å². The van der Waals surface area contributed by atoms with Crippen LogP contribution in [0.5, 0.6) is 0 Å². The minimum atomic E-state index is -0.251. The third-order valence-corrected chi connectivity index (χ3v) is 1.96. The van der Waals surface area contributed by atoms with Crippen LogP contribution in [0.3, 0.4) is 0 Å². The summed E-state index contributed by atoms with van der Waals surface area (Å²) in [4.78, 5) is 15.7. The maximum Gasteiger partial charge on any atom is 0.272 e. The summed E-state index contributed by atoms with van der Waals surface area (Å²) in [5.41, 5.74) is 1.11. The number of carbonyl (C=O) groups is 1. The molecule has 0 aromatic carbocycles. The van der Waals surface area contributed by atoms with Gasteiger partial charge in [0.05, 0.1) is 12.2 Å². The van der Waals surface area contributed by atoms with Crippen molar-refractivity contribution in [3.63, 3.8) is 0 Å². The van der Waals surface area contributed by atoms with Gasteiger partial charge in [0.1, 0.15) is 0 Å². The molecule has 0 fully saturated rings. The summed E-state index contributed by atoms with van der Waals surface area (Å²) in [6.07, 6.45) is 3.21. The van der Waals surface area contributed by atoms with Gasteiger partial charge in [-0.1, -0.05) is 6.07 Å². The predicted molar refractivity (Wildman–Crippen MR) is 57.4 cm³/mol. The lowest BCUT2D eigenvalue weighted by Gasteiger charge is -2.02. The molecule has 2 aromatic rings. The van der Waals surface area contributed by atoms with Crippen LogP contribution in [0.1, 0.15) is 16.2 Å². The SMILES string of the molecule is O=C(NCc1ccccn1)c1cccnn1. The Morgan fingerprint density at radius 1 is 1.19 bits per heavy atom. The van der Waals surface area contributed by atoms with Crippen LogP contribution in [0.25, 0.3) is 0 Å². The van der Waals surface area contributed by atoms with Gasteiger partial charge in [-0.15, -0.1) is 5.10 Å². The Morgan fingerprint density at radius 2 is 2.12 bits per heavy atom. The van der Waals surface area contributed by atoms with Gasteiger partial charge in [-0.2, -0.15) is 5.10 Å². The molecule has 0 bridgehead atoms. The van der Waals surface area contributed by atoms with Crippen molar-refractivity contribution in [3.05, 3.63) is 54.1 Å². The lowest BCUT2D eigenvalue weighted by Crippen LogP contribution is -2.24. The molecule has 80 valence electrons. The summed E-state index contributed by atoms with van der Waals surface area (Å²) in [7, 11) is 0. The van der Waals surface area contributed by atoms with Gasteiger partial charge in [0.2, 0.25) is 0 Å². The molecular weight excluding hydrogens is 204 g/mol. The number of aromatic nitrogens is 3. The predicted octanol–water partition coefficient (Wildman–Crippen LogP) is 0.802. The number of hydrogen-bond donors (Lipinski definition) is 1. The van der Waals surface area contributed by atoms with Crippen molar-refractivity contribution >= 4 is 5.91 Å². The maximum atomic E-state index is 11.6. The van der Waals surface area contributed by atoms with Crippen LogP contribution in [-0.4, -0.2) is 21.1 Å².